The molecule has 7 nitrogen and oxygen atoms in total. The number of alkyl halides is 1. The van der Waals surface area contributed by atoms with Crippen molar-refractivity contribution in [3.63, 3.8) is 0 Å². The molecule has 1 saturated heterocycles. The van der Waals surface area contributed by atoms with E-state index in [1.165, 1.54) is 12.8 Å². The third-order valence-electron chi connectivity index (χ3n) is 4.84. The Balaban J connectivity index is 1.72. The molecule has 0 saturated carbocycles. The van der Waals surface area contributed by atoms with E-state index in [0.717, 1.165) is 28.7 Å². The molecule has 4 amide bonds. The fourth-order valence-corrected chi connectivity index (χ4v) is 4.00. The summed E-state index contributed by atoms with van der Waals surface area (Å²) in [5.41, 5.74) is 1.24. The molecular formula is C19H22IN3O4. The maximum absolute atomic E-state index is 12.9. The highest BCUT2D eigenvalue weighted by Gasteiger charge is 2.45. The molecule has 0 aromatic heterocycles. The van der Waals surface area contributed by atoms with Crippen molar-refractivity contribution in [1.82, 2.24) is 10.2 Å². The maximum Gasteiger partial charge on any atom is 0.264 e. The number of carbonyl (C=O) groups is 4. The summed E-state index contributed by atoms with van der Waals surface area (Å²) in [7, 11) is 0. The molecular weight excluding hydrogens is 461 g/mol. The molecule has 1 atom stereocenters. The number of amides is 4. The normalized spacial score (nSPS) is 19.3. The third kappa shape index (κ3) is 4.15. The molecule has 8 heteroatoms. The second kappa shape index (κ2) is 8.81. The molecule has 1 unspecified atom stereocenters. The van der Waals surface area contributed by atoms with Gasteiger partial charge in [-0.1, -0.05) is 41.5 Å². The monoisotopic (exact) mass is 483 g/mol. The topological polar surface area (TPSA) is 95.6 Å². The van der Waals surface area contributed by atoms with E-state index in [0.29, 0.717) is 16.8 Å². The fourth-order valence-electron chi connectivity index (χ4n) is 3.46. The van der Waals surface area contributed by atoms with Gasteiger partial charge in [0.1, 0.15) is 6.04 Å². The number of piperidine rings is 1. The molecule has 2 heterocycles. The molecule has 1 aromatic rings. The van der Waals surface area contributed by atoms with Crippen LogP contribution in [-0.4, -0.2) is 45.5 Å². The number of carbonyl (C=O) groups excluding carboxylic acids is 4. The van der Waals surface area contributed by atoms with E-state index in [-0.39, 0.29) is 18.7 Å². The molecule has 1 fully saturated rings. The van der Waals surface area contributed by atoms with Gasteiger partial charge in [-0.3, -0.25) is 29.4 Å². The Morgan fingerprint density at radius 3 is 2.59 bits per heavy atom. The minimum Gasteiger partial charge on any atom is -0.384 e. The molecule has 27 heavy (non-hydrogen) atoms. The Kier molecular flexibility index (Phi) is 6.46. The van der Waals surface area contributed by atoms with Gasteiger partial charge in [0.2, 0.25) is 11.8 Å². The number of nitrogens with zero attached hydrogens (tertiary/aromatic N) is 1. The smallest absolute Gasteiger partial charge is 0.264 e. The minimum atomic E-state index is -0.934. The second-order valence-electron chi connectivity index (χ2n) is 6.71. The summed E-state index contributed by atoms with van der Waals surface area (Å²) in [4.78, 5) is 50.1. The highest BCUT2D eigenvalue weighted by molar-refractivity contribution is 14.1. The summed E-state index contributed by atoms with van der Waals surface area (Å²) < 4.78 is 1.16. The molecule has 144 valence electrons. The Morgan fingerprint density at radius 2 is 1.85 bits per heavy atom. The number of anilines is 1. The van der Waals surface area contributed by atoms with Crippen LogP contribution in [0.5, 0.6) is 0 Å². The van der Waals surface area contributed by atoms with Gasteiger partial charge in [-0.05, 0) is 35.8 Å². The van der Waals surface area contributed by atoms with Crippen LogP contribution in [0.1, 0.15) is 59.2 Å². The number of rotatable bonds is 8. The zero-order valence-electron chi connectivity index (χ0n) is 14.9. The van der Waals surface area contributed by atoms with Crippen LogP contribution in [-0.2, 0) is 9.59 Å². The van der Waals surface area contributed by atoms with E-state index in [4.69, 9.17) is 0 Å². The number of hydrogen-bond donors (Lipinski definition) is 2. The second-order valence-corrected chi connectivity index (χ2v) is 7.78. The van der Waals surface area contributed by atoms with Crippen molar-refractivity contribution in [3.8, 4) is 0 Å². The van der Waals surface area contributed by atoms with Crippen molar-refractivity contribution in [2.75, 3.05) is 16.3 Å². The Bertz CT molecular complexity index is 780. The van der Waals surface area contributed by atoms with Gasteiger partial charge in [-0.15, -0.1) is 0 Å². The highest BCUT2D eigenvalue weighted by atomic mass is 127. The van der Waals surface area contributed by atoms with Crippen molar-refractivity contribution in [2.24, 2.45) is 0 Å². The molecule has 3 rings (SSSR count). The summed E-state index contributed by atoms with van der Waals surface area (Å²) in [5.74, 6) is -1.92. The van der Waals surface area contributed by atoms with Crippen LogP contribution < -0.4 is 10.6 Å². The minimum absolute atomic E-state index is 0.117. The van der Waals surface area contributed by atoms with E-state index < -0.39 is 23.8 Å². The first-order valence-corrected chi connectivity index (χ1v) is 10.7. The largest absolute Gasteiger partial charge is 0.384 e. The van der Waals surface area contributed by atoms with Gasteiger partial charge in [-0.2, -0.15) is 0 Å². The van der Waals surface area contributed by atoms with Crippen LogP contribution in [0.3, 0.4) is 0 Å². The van der Waals surface area contributed by atoms with Crippen molar-refractivity contribution in [2.45, 2.75) is 44.6 Å². The van der Waals surface area contributed by atoms with Crippen LogP contribution in [0.25, 0.3) is 0 Å². The highest BCUT2D eigenvalue weighted by Crippen LogP contribution is 2.32. The van der Waals surface area contributed by atoms with Crippen molar-refractivity contribution in [3.05, 3.63) is 29.3 Å². The Hall–Kier alpha value is -1.97. The zero-order valence-corrected chi connectivity index (χ0v) is 17.1. The fraction of sp³-hybridized carbons (Fsp3) is 0.474. The number of halogens is 1. The third-order valence-corrected chi connectivity index (χ3v) is 5.61. The Morgan fingerprint density at radius 1 is 1.07 bits per heavy atom. The summed E-state index contributed by atoms with van der Waals surface area (Å²) in [6.45, 7) is 0.720. The van der Waals surface area contributed by atoms with Crippen LogP contribution in [0, 0.1) is 0 Å². The van der Waals surface area contributed by atoms with Crippen LogP contribution in [0.2, 0.25) is 0 Å². The van der Waals surface area contributed by atoms with Crippen LogP contribution in [0.15, 0.2) is 18.2 Å². The van der Waals surface area contributed by atoms with Gasteiger partial charge in [0.05, 0.1) is 11.1 Å². The van der Waals surface area contributed by atoms with Crippen LogP contribution in [0.4, 0.5) is 5.69 Å². The molecule has 2 aliphatic heterocycles. The number of imide groups is 2. The quantitative estimate of drug-likeness (QED) is 0.257. The van der Waals surface area contributed by atoms with Gasteiger partial charge in [0.25, 0.3) is 11.8 Å². The van der Waals surface area contributed by atoms with E-state index in [9.17, 15) is 19.2 Å². The van der Waals surface area contributed by atoms with Crippen LogP contribution >= 0.6 is 22.6 Å². The zero-order chi connectivity index (χ0) is 19.4. The summed E-state index contributed by atoms with van der Waals surface area (Å²) in [6, 6.07) is 4.18. The van der Waals surface area contributed by atoms with Gasteiger partial charge in [-0.25, -0.2) is 0 Å². The van der Waals surface area contributed by atoms with Crippen molar-refractivity contribution in [1.29, 1.82) is 0 Å². The molecule has 2 N–H and O–H groups in total. The standard InChI is InChI=1S/C19H22IN3O4/c20-10-3-1-2-4-11-21-13-7-5-6-12-16(13)19(27)23(18(12)26)14-8-9-15(24)22-17(14)25/h5-7,14,21H,1-4,8-11H2,(H,22,24,25). The molecule has 1 aromatic carbocycles. The maximum atomic E-state index is 12.9. The molecule has 2 aliphatic rings. The number of fused-ring (bicyclic) bond motifs is 1. The number of hydrogen-bond acceptors (Lipinski definition) is 5. The average Bonchev–Trinajstić information content (AvgIpc) is 2.90. The average molecular weight is 483 g/mol. The van der Waals surface area contributed by atoms with Gasteiger partial charge < -0.3 is 5.32 Å². The first-order valence-electron chi connectivity index (χ1n) is 9.19. The lowest BCUT2D eigenvalue weighted by molar-refractivity contribution is -0.136. The molecule has 0 spiro atoms. The number of unbranched alkanes of at least 4 members (excludes halogenated alkanes) is 3. The van der Waals surface area contributed by atoms with Gasteiger partial charge in [0.15, 0.2) is 0 Å². The predicted octanol–water partition coefficient (Wildman–Crippen LogP) is 2.50. The first-order chi connectivity index (χ1) is 13.0. The Labute approximate surface area is 171 Å². The van der Waals surface area contributed by atoms with E-state index in [1.807, 2.05) is 0 Å². The summed E-state index contributed by atoms with van der Waals surface area (Å²) >= 11 is 2.37. The summed E-state index contributed by atoms with van der Waals surface area (Å²) in [5, 5.41) is 5.47. The number of benzene rings is 1. The van der Waals surface area contributed by atoms with E-state index in [2.05, 4.69) is 33.2 Å². The molecule has 0 aliphatic carbocycles. The van der Waals surface area contributed by atoms with Crippen molar-refractivity contribution >= 4 is 51.9 Å². The lowest BCUT2D eigenvalue weighted by Crippen LogP contribution is -2.54. The summed E-state index contributed by atoms with van der Waals surface area (Å²) in [6.07, 6.45) is 4.76. The SMILES string of the molecule is O=C1CCC(N2C(=O)c3cccc(NCCCCCCI)c3C2=O)C(=O)N1. The lowest BCUT2D eigenvalue weighted by Gasteiger charge is -2.27. The van der Waals surface area contributed by atoms with E-state index >= 15 is 0 Å². The molecule has 0 bridgehead atoms. The first kappa shape index (κ1) is 19.8. The van der Waals surface area contributed by atoms with Gasteiger partial charge >= 0.3 is 0 Å². The number of nitrogens with one attached hydrogen (secondary N) is 2. The lowest BCUT2D eigenvalue weighted by atomic mass is 10.0. The van der Waals surface area contributed by atoms with E-state index in [1.54, 1.807) is 18.2 Å². The van der Waals surface area contributed by atoms with Crippen molar-refractivity contribution < 1.29 is 19.2 Å². The predicted molar refractivity (Wildman–Crippen MR) is 109 cm³/mol. The molecule has 0 radical (unpaired) electrons. The van der Waals surface area contributed by atoms with Gasteiger partial charge in [0, 0.05) is 18.7 Å².